The number of thioether (sulfide) groups is 1. The molecule has 1 aromatic carbocycles. The van der Waals surface area contributed by atoms with Crippen LogP contribution in [0.3, 0.4) is 0 Å². The summed E-state index contributed by atoms with van der Waals surface area (Å²) in [6, 6.07) is 7.78. The van der Waals surface area contributed by atoms with Crippen molar-refractivity contribution in [1.82, 2.24) is 10.2 Å². The third kappa shape index (κ3) is 3.57. The van der Waals surface area contributed by atoms with Crippen LogP contribution in [0.1, 0.15) is 36.1 Å². The van der Waals surface area contributed by atoms with Crippen molar-refractivity contribution in [3.8, 4) is 0 Å². The van der Waals surface area contributed by atoms with Crippen molar-refractivity contribution in [2.75, 3.05) is 31.6 Å². The van der Waals surface area contributed by atoms with E-state index >= 15 is 0 Å². The van der Waals surface area contributed by atoms with Gasteiger partial charge in [0.05, 0.1) is 0 Å². The highest BCUT2D eigenvalue weighted by atomic mass is 32.2. The largest absolute Gasteiger partial charge is 0.309 e. The molecule has 2 unspecified atom stereocenters. The number of likely N-dealkylation sites (N-methyl/N-ethyl adjacent to an activating group) is 1. The molecule has 0 spiro atoms. The van der Waals surface area contributed by atoms with E-state index in [4.69, 9.17) is 0 Å². The second kappa shape index (κ2) is 7.48. The molecule has 0 saturated carbocycles. The lowest BCUT2D eigenvalue weighted by atomic mass is 9.92. The zero-order valence-corrected chi connectivity index (χ0v) is 14.1. The maximum Gasteiger partial charge on any atom is 0.0488 e. The van der Waals surface area contributed by atoms with Gasteiger partial charge in [-0.25, -0.2) is 0 Å². The molecule has 1 aliphatic rings. The van der Waals surface area contributed by atoms with Crippen LogP contribution in [0, 0.1) is 13.8 Å². The predicted molar refractivity (Wildman–Crippen MR) is 90.7 cm³/mol. The quantitative estimate of drug-likeness (QED) is 0.895. The van der Waals surface area contributed by atoms with Crippen LogP contribution in [0.15, 0.2) is 18.2 Å². The van der Waals surface area contributed by atoms with E-state index in [1.807, 2.05) is 0 Å². The Bertz CT molecular complexity index is 433. The summed E-state index contributed by atoms with van der Waals surface area (Å²) in [5, 5.41) is 3.80. The average molecular weight is 292 g/mol. The molecule has 1 heterocycles. The molecule has 1 saturated heterocycles. The monoisotopic (exact) mass is 292 g/mol. The summed E-state index contributed by atoms with van der Waals surface area (Å²) < 4.78 is 0. The van der Waals surface area contributed by atoms with E-state index in [-0.39, 0.29) is 0 Å². The van der Waals surface area contributed by atoms with Gasteiger partial charge in [-0.15, -0.1) is 0 Å². The van der Waals surface area contributed by atoms with Crippen LogP contribution >= 0.6 is 11.8 Å². The van der Waals surface area contributed by atoms with E-state index in [9.17, 15) is 0 Å². The molecule has 0 aliphatic carbocycles. The van der Waals surface area contributed by atoms with E-state index in [1.165, 1.54) is 41.2 Å². The number of hydrogen-bond donors (Lipinski definition) is 1. The van der Waals surface area contributed by atoms with Gasteiger partial charge in [0, 0.05) is 30.1 Å². The molecule has 0 bridgehead atoms. The maximum atomic E-state index is 3.80. The number of aryl methyl sites for hydroxylation is 1. The van der Waals surface area contributed by atoms with Gasteiger partial charge in [-0.05, 0) is 50.6 Å². The van der Waals surface area contributed by atoms with E-state index in [0.717, 1.165) is 6.54 Å². The first-order valence-corrected chi connectivity index (χ1v) is 8.88. The molecule has 2 nitrogen and oxygen atoms in total. The highest BCUT2D eigenvalue weighted by molar-refractivity contribution is 7.99. The van der Waals surface area contributed by atoms with Gasteiger partial charge in [-0.3, -0.25) is 4.90 Å². The van der Waals surface area contributed by atoms with Crippen LogP contribution < -0.4 is 5.32 Å². The van der Waals surface area contributed by atoms with Crippen LogP contribution in [0.25, 0.3) is 0 Å². The van der Waals surface area contributed by atoms with Crippen LogP contribution in [0.2, 0.25) is 0 Å². The SMILES string of the molecule is CCCNC(c1cccc(C)c1C)C1CSCCN1C. The van der Waals surface area contributed by atoms with Crippen LogP contribution in [-0.2, 0) is 0 Å². The van der Waals surface area contributed by atoms with Gasteiger partial charge in [0.2, 0.25) is 0 Å². The van der Waals surface area contributed by atoms with E-state index < -0.39 is 0 Å². The molecule has 3 heteroatoms. The first-order valence-electron chi connectivity index (χ1n) is 7.72. The van der Waals surface area contributed by atoms with Crippen LogP contribution in [-0.4, -0.2) is 42.6 Å². The summed E-state index contributed by atoms with van der Waals surface area (Å²) in [7, 11) is 2.27. The van der Waals surface area contributed by atoms with Crippen molar-refractivity contribution in [1.29, 1.82) is 0 Å². The Balaban J connectivity index is 2.28. The molecule has 0 radical (unpaired) electrons. The number of rotatable bonds is 5. The molecule has 0 aromatic heterocycles. The lowest BCUT2D eigenvalue weighted by molar-refractivity contribution is 0.215. The number of nitrogens with one attached hydrogen (secondary N) is 1. The third-order valence-electron chi connectivity index (χ3n) is 4.42. The van der Waals surface area contributed by atoms with E-state index in [2.05, 4.69) is 68.0 Å². The first-order chi connectivity index (χ1) is 9.65. The van der Waals surface area contributed by atoms with Crippen LogP contribution in [0.4, 0.5) is 0 Å². The van der Waals surface area contributed by atoms with Gasteiger partial charge in [0.25, 0.3) is 0 Å². The van der Waals surface area contributed by atoms with E-state index in [0.29, 0.717) is 12.1 Å². The molecular formula is C17H28N2S. The van der Waals surface area contributed by atoms with Gasteiger partial charge < -0.3 is 5.32 Å². The predicted octanol–water partition coefficient (Wildman–Crippen LogP) is 3.39. The minimum absolute atomic E-state index is 0.452. The molecule has 0 amide bonds. The molecular weight excluding hydrogens is 264 g/mol. The standard InChI is InChI=1S/C17H28N2S/c1-5-9-18-17(16-12-20-11-10-19(16)4)15-8-6-7-13(2)14(15)3/h6-8,16-18H,5,9-12H2,1-4H3. The number of hydrogen-bond acceptors (Lipinski definition) is 3. The minimum Gasteiger partial charge on any atom is -0.309 e. The molecule has 1 N–H and O–H groups in total. The second-order valence-electron chi connectivity index (χ2n) is 5.84. The third-order valence-corrected chi connectivity index (χ3v) is 5.47. The zero-order valence-electron chi connectivity index (χ0n) is 13.3. The summed E-state index contributed by atoms with van der Waals surface area (Å²) in [5.41, 5.74) is 4.33. The minimum atomic E-state index is 0.452. The molecule has 2 rings (SSSR count). The van der Waals surface area contributed by atoms with Crippen molar-refractivity contribution in [3.05, 3.63) is 34.9 Å². The van der Waals surface area contributed by atoms with Crippen molar-refractivity contribution in [2.24, 2.45) is 0 Å². The highest BCUT2D eigenvalue weighted by Crippen LogP contribution is 2.29. The Morgan fingerprint density at radius 3 is 2.90 bits per heavy atom. The Kier molecular flexibility index (Phi) is 5.94. The topological polar surface area (TPSA) is 15.3 Å². The lowest BCUT2D eigenvalue weighted by Crippen LogP contribution is -2.48. The molecule has 1 aromatic rings. The Morgan fingerprint density at radius 1 is 1.40 bits per heavy atom. The van der Waals surface area contributed by atoms with Crippen molar-refractivity contribution >= 4 is 11.8 Å². The maximum absolute atomic E-state index is 3.80. The number of benzene rings is 1. The second-order valence-corrected chi connectivity index (χ2v) is 6.99. The molecule has 2 atom stereocenters. The first kappa shape index (κ1) is 15.9. The summed E-state index contributed by atoms with van der Waals surface area (Å²) in [6.45, 7) is 9.01. The Hall–Kier alpha value is -0.510. The Labute approximate surface area is 128 Å². The fraction of sp³-hybridized carbons (Fsp3) is 0.647. The Morgan fingerprint density at radius 2 is 2.20 bits per heavy atom. The lowest BCUT2D eigenvalue weighted by Gasteiger charge is -2.39. The normalized spacial score (nSPS) is 21.9. The highest BCUT2D eigenvalue weighted by Gasteiger charge is 2.29. The van der Waals surface area contributed by atoms with Gasteiger partial charge in [-0.1, -0.05) is 25.1 Å². The molecule has 1 aliphatic heterocycles. The number of nitrogens with zero attached hydrogens (tertiary/aromatic N) is 1. The van der Waals surface area contributed by atoms with Gasteiger partial charge >= 0.3 is 0 Å². The molecule has 20 heavy (non-hydrogen) atoms. The van der Waals surface area contributed by atoms with Gasteiger partial charge in [0.15, 0.2) is 0 Å². The van der Waals surface area contributed by atoms with Gasteiger partial charge in [-0.2, -0.15) is 11.8 Å². The summed E-state index contributed by atoms with van der Waals surface area (Å²) in [5.74, 6) is 2.49. The zero-order chi connectivity index (χ0) is 14.5. The van der Waals surface area contributed by atoms with Crippen molar-refractivity contribution in [2.45, 2.75) is 39.3 Å². The van der Waals surface area contributed by atoms with Crippen LogP contribution in [0.5, 0.6) is 0 Å². The van der Waals surface area contributed by atoms with Crippen molar-refractivity contribution < 1.29 is 0 Å². The van der Waals surface area contributed by atoms with E-state index in [1.54, 1.807) is 0 Å². The van der Waals surface area contributed by atoms with Crippen molar-refractivity contribution in [3.63, 3.8) is 0 Å². The summed E-state index contributed by atoms with van der Waals surface area (Å²) >= 11 is 2.09. The fourth-order valence-electron chi connectivity index (χ4n) is 2.92. The summed E-state index contributed by atoms with van der Waals surface area (Å²) in [4.78, 5) is 2.53. The molecule has 112 valence electrons. The van der Waals surface area contributed by atoms with Gasteiger partial charge in [0.1, 0.15) is 0 Å². The fourth-order valence-corrected chi connectivity index (χ4v) is 4.19. The smallest absolute Gasteiger partial charge is 0.0488 e. The summed E-state index contributed by atoms with van der Waals surface area (Å²) in [6.07, 6.45) is 1.19. The average Bonchev–Trinajstić information content (AvgIpc) is 2.45. The molecule has 1 fully saturated rings.